The maximum absolute atomic E-state index is 14.2. The molecule has 0 saturated carbocycles. The molecule has 5 rings (SSSR count). The van der Waals surface area contributed by atoms with Crippen molar-refractivity contribution in [3.05, 3.63) is 78.0 Å². The summed E-state index contributed by atoms with van der Waals surface area (Å²) in [5.74, 6) is -0.312. The second-order valence-electron chi connectivity index (χ2n) is 8.04. The van der Waals surface area contributed by atoms with E-state index in [1.807, 2.05) is 0 Å². The zero-order valence-corrected chi connectivity index (χ0v) is 19.8. The number of nitrogens with zero attached hydrogens (tertiary/aromatic N) is 3. The topological polar surface area (TPSA) is 83.7 Å². The fraction of sp³-hybridized carbons (Fsp3) is 0.250. The van der Waals surface area contributed by atoms with Gasteiger partial charge in [0.25, 0.3) is 5.91 Å². The first-order chi connectivity index (χ1) is 16.4. The fourth-order valence-electron chi connectivity index (χ4n) is 3.98. The van der Waals surface area contributed by atoms with E-state index in [2.05, 4.69) is 4.98 Å². The lowest BCUT2D eigenvalue weighted by molar-refractivity contribution is 0.0983. The van der Waals surface area contributed by atoms with Gasteiger partial charge in [0.15, 0.2) is 5.13 Å². The molecule has 0 radical (unpaired) electrons. The van der Waals surface area contributed by atoms with Crippen LogP contribution in [0.4, 0.5) is 9.52 Å². The van der Waals surface area contributed by atoms with Crippen LogP contribution in [0.5, 0.6) is 0 Å². The Hall–Kier alpha value is -3.08. The Morgan fingerprint density at radius 2 is 1.82 bits per heavy atom. The summed E-state index contributed by atoms with van der Waals surface area (Å²) in [7, 11) is -3.60. The van der Waals surface area contributed by atoms with E-state index in [9.17, 15) is 17.6 Å². The number of carbonyl (C=O) groups is 1. The van der Waals surface area contributed by atoms with Crippen LogP contribution in [-0.4, -0.2) is 36.7 Å². The highest BCUT2D eigenvalue weighted by atomic mass is 32.2. The number of furan rings is 1. The molecule has 0 spiro atoms. The largest absolute Gasteiger partial charge is 0.467 e. The molecule has 34 heavy (non-hydrogen) atoms. The van der Waals surface area contributed by atoms with Crippen molar-refractivity contribution >= 4 is 42.6 Å². The van der Waals surface area contributed by atoms with Gasteiger partial charge in [-0.1, -0.05) is 23.8 Å². The average Bonchev–Trinajstić information content (AvgIpc) is 3.53. The molecule has 0 unspecified atom stereocenters. The molecule has 10 heteroatoms. The number of para-hydroxylation sites is 1. The van der Waals surface area contributed by atoms with E-state index in [4.69, 9.17) is 4.42 Å². The van der Waals surface area contributed by atoms with Gasteiger partial charge in [-0.05, 0) is 61.4 Å². The normalized spacial score (nSPS) is 15.0. The van der Waals surface area contributed by atoms with Gasteiger partial charge >= 0.3 is 0 Å². The maximum Gasteiger partial charge on any atom is 0.260 e. The third-order valence-electron chi connectivity index (χ3n) is 5.78. The van der Waals surface area contributed by atoms with Gasteiger partial charge in [-0.2, -0.15) is 4.31 Å². The molecule has 1 amide bonds. The summed E-state index contributed by atoms with van der Waals surface area (Å²) in [5.41, 5.74) is 0.492. The van der Waals surface area contributed by atoms with Crippen LogP contribution in [0.15, 0.2) is 70.2 Å². The number of halogens is 1. The van der Waals surface area contributed by atoms with E-state index in [1.54, 1.807) is 24.3 Å². The van der Waals surface area contributed by atoms with Crippen molar-refractivity contribution in [2.75, 3.05) is 18.0 Å². The third-order valence-corrected chi connectivity index (χ3v) is 8.74. The van der Waals surface area contributed by atoms with Crippen molar-refractivity contribution in [1.82, 2.24) is 9.29 Å². The number of thiazole rings is 1. The molecule has 2 aromatic heterocycles. The van der Waals surface area contributed by atoms with Gasteiger partial charge in [0, 0.05) is 18.7 Å². The number of carbonyl (C=O) groups excluding carboxylic acids is 1. The standard InChI is InChI=1S/C24H22FN3O4S2/c25-20-7-4-8-21-22(20)26-24(33-21)28(16-18-6-5-15-32-18)23(29)17-9-11-19(12-10-17)34(30,31)27-13-2-1-3-14-27/h4-12,15H,1-3,13-14,16H2. The van der Waals surface area contributed by atoms with Gasteiger partial charge in [0.2, 0.25) is 10.0 Å². The third kappa shape index (κ3) is 4.36. The lowest BCUT2D eigenvalue weighted by Crippen LogP contribution is -2.35. The lowest BCUT2D eigenvalue weighted by Gasteiger charge is -2.26. The number of sulfonamides is 1. The zero-order chi connectivity index (χ0) is 23.7. The Balaban J connectivity index is 1.46. The van der Waals surface area contributed by atoms with E-state index in [0.29, 0.717) is 34.2 Å². The van der Waals surface area contributed by atoms with Crippen molar-refractivity contribution in [1.29, 1.82) is 0 Å². The van der Waals surface area contributed by atoms with E-state index in [-0.39, 0.29) is 17.0 Å². The summed E-state index contributed by atoms with van der Waals surface area (Å²) in [6.07, 6.45) is 4.23. The first-order valence-electron chi connectivity index (χ1n) is 10.9. The van der Waals surface area contributed by atoms with Gasteiger partial charge < -0.3 is 4.42 Å². The molecular weight excluding hydrogens is 477 g/mol. The molecule has 2 aromatic carbocycles. The van der Waals surface area contributed by atoms with Crippen LogP contribution in [0.2, 0.25) is 0 Å². The predicted molar refractivity (Wildman–Crippen MR) is 128 cm³/mol. The molecule has 0 bridgehead atoms. The number of hydrogen-bond donors (Lipinski definition) is 0. The van der Waals surface area contributed by atoms with Crippen LogP contribution in [-0.2, 0) is 16.6 Å². The number of hydrogen-bond acceptors (Lipinski definition) is 6. The van der Waals surface area contributed by atoms with Gasteiger partial charge in [0.05, 0.1) is 22.4 Å². The highest BCUT2D eigenvalue weighted by Gasteiger charge is 2.27. The second kappa shape index (κ2) is 9.28. The van der Waals surface area contributed by atoms with Crippen LogP contribution in [0.25, 0.3) is 10.2 Å². The first-order valence-corrected chi connectivity index (χ1v) is 13.2. The number of aromatic nitrogens is 1. The number of anilines is 1. The summed E-state index contributed by atoms with van der Waals surface area (Å²) < 4.78 is 47.7. The average molecular weight is 500 g/mol. The summed E-state index contributed by atoms with van der Waals surface area (Å²) in [6, 6.07) is 14.0. The van der Waals surface area contributed by atoms with Gasteiger partial charge in [0.1, 0.15) is 17.1 Å². The van der Waals surface area contributed by atoms with E-state index in [1.165, 1.54) is 57.1 Å². The van der Waals surface area contributed by atoms with Crippen LogP contribution in [0.3, 0.4) is 0 Å². The number of fused-ring (bicyclic) bond motifs is 1. The number of benzene rings is 2. The van der Waals surface area contributed by atoms with Crippen molar-refractivity contribution in [3.8, 4) is 0 Å². The molecule has 1 saturated heterocycles. The molecule has 0 N–H and O–H groups in total. The smallest absolute Gasteiger partial charge is 0.260 e. The van der Waals surface area contributed by atoms with E-state index >= 15 is 0 Å². The minimum Gasteiger partial charge on any atom is -0.467 e. The Morgan fingerprint density at radius 3 is 2.50 bits per heavy atom. The molecule has 0 atom stereocenters. The summed E-state index contributed by atoms with van der Waals surface area (Å²) in [5, 5.41) is 0.325. The van der Waals surface area contributed by atoms with Gasteiger partial charge in [-0.3, -0.25) is 9.69 Å². The molecular formula is C24H22FN3O4S2. The Morgan fingerprint density at radius 1 is 1.06 bits per heavy atom. The molecule has 4 aromatic rings. The van der Waals surface area contributed by atoms with Crippen LogP contribution in [0, 0.1) is 5.82 Å². The van der Waals surface area contributed by atoms with Crippen molar-refractivity contribution in [2.45, 2.75) is 30.7 Å². The van der Waals surface area contributed by atoms with Crippen molar-refractivity contribution in [2.24, 2.45) is 0 Å². The quantitative estimate of drug-likeness (QED) is 0.371. The summed E-state index contributed by atoms with van der Waals surface area (Å²) in [6.45, 7) is 1.11. The number of amides is 1. The summed E-state index contributed by atoms with van der Waals surface area (Å²) in [4.78, 5) is 19.4. The fourth-order valence-corrected chi connectivity index (χ4v) is 6.48. The molecule has 3 heterocycles. The molecule has 1 aliphatic rings. The molecule has 176 valence electrons. The predicted octanol–water partition coefficient (Wildman–Crippen LogP) is 5.05. The van der Waals surface area contributed by atoms with E-state index in [0.717, 1.165) is 19.3 Å². The molecule has 1 fully saturated rings. The molecule has 7 nitrogen and oxygen atoms in total. The van der Waals surface area contributed by atoms with Crippen LogP contribution < -0.4 is 4.90 Å². The first kappa shape index (κ1) is 22.7. The highest BCUT2D eigenvalue weighted by Crippen LogP contribution is 2.32. The van der Waals surface area contributed by atoms with Crippen molar-refractivity contribution < 1.29 is 22.0 Å². The minimum atomic E-state index is -3.60. The Labute approximate surface area is 200 Å². The molecule has 0 aliphatic carbocycles. The highest BCUT2D eigenvalue weighted by molar-refractivity contribution is 7.89. The second-order valence-corrected chi connectivity index (χ2v) is 11.0. The Bertz CT molecular complexity index is 1410. The van der Waals surface area contributed by atoms with Gasteiger partial charge in [-0.15, -0.1) is 0 Å². The lowest BCUT2D eigenvalue weighted by atomic mass is 10.2. The SMILES string of the molecule is O=C(c1ccc(S(=O)(=O)N2CCCCC2)cc1)N(Cc1ccco1)c1nc2c(F)cccc2s1. The number of piperidine rings is 1. The van der Waals surface area contributed by atoms with Crippen LogP contribution in [0.1, 0.15) is 35.4 Å². The summed E-state index contributed by atoms with van der Waals surface area (Å²) >= 11 is 1.20. The Kier molecular flexibility index (Phi) is 6.20. The maximum atomic E-state index is 14.2. The van der Waals surface area contributed by atoms with Crippen LogP contribution >= 0.6 is 11.3 Å². The van der Waals surface area contributed by atoms with Crippen molar-refractivity contribution in [3.63, 3.8) is 0 Å². The zero-order valence-electron chi connectivity index (χ0n) is 18.2. The number of rotatable bonds is 6. The monoisotopic (exact) mass is 499 g/mol. The van der Waals surface area contributed by atoms with Gasteiger partial charge in [-0.25, -0.2) is 17.8 Å². The molecule has 1 aliphatic heterocycles. The minimum absolute atomic E-state index is 0.0983. The van der Waals surface area contributed by atoms with E-state index < -0.39 is 21.7 Å².